The number of aromatic nitrogens is 5. The normalized spacial score (nSPS) is 11.2. The third-order valence-electron chi connectivity index (χ3n) is 9.68. The number of hydrogen-bond acceptors (Lipinski definition) is 14. The summed E-state index contributed by atoms with van der Waals surface area (Å²) in [5.41, 5.74) is 1.32. The number of hydrogen-bond donors (Lipinski definition) is 9. The Morgan fingerprint density at radius 2 is 1.32 bits per heavy atom. The smallest absolute Gasteiger partial charge is 0.339 e. The Kier molecular flexibility index (Phi) is 12.8. The molecular weight excluding hydrogens is 845 g/mol. The number of pyridine rings is 2. The molecule has 3 heterocycles. The van der Waals surface area contributed by atoms with Gasteiger partial charge >= 0.3 is 5.97 Å². The number of amides is 5. The molecule has 9 N–H and O–H groups in total. The molecule has 328 valence electrons. The summed E-state index contributed by atoms with van der Waals surface area (Å²) in [6, 6.07) is 21.1. The minimum Gasteiger partial charge on any atom is -0.504 e. The van der Waals surface area contributed by atoms with Crippen molar-refractivity contribution in [1.29, 1.82) is 0 Å². The van der Waals surface area contributed by atoms with Crippen molar-refractivity contribution in [3.05, 3.63) is 143 Å². The van der Waals surface area contributed by atoms with Gasteiger partial charge in [-0.1, -0.05) is 6.07 Å². The van der Waals surface area contributed by atoms with E-state index in [-0.39, 0.29) is 57.7 Å². The lowest BCUT2D eigenvalue weighted by atomic mass is 10.1. The van der Waals surface area contributed by atoms with Crippen LogP contribution in [0.25, 0.3) is 10.9 Å². The molecule has 0 bridgehead atoms. The van der Waals surface area contributed by atoms with E-state index in [0.29, 0.717) is 16.9 Å². The van der Waals surface area contributed by atoms with Gasteiger partial charge in [-0.05, 0) is 84.9 Å². The number of H-pyrrole nitrogens is 1. The number of carboxylic acid groups (broad SMARTS) is 1. The molecule has 0 spiro atoms. The van der Waals surface area contributed by atoms with E-state index in [2.05, 4.69) is 52.0 Å². The van der Waals surface area contributed by atoms with E-state index in [0.717, 1.165) is 24.1 Å². The molecule has 0 radical (unpaired) electrons. The molecular formula is C44H36N10O11. The molecule has 1 atom stereocenters. The van der Waals surface area contributed by atoms with Crippen molar-refractivity contribution in [3.63, 3.8) is 0 Å². The summed E-state index contributed by atoms with van der Waals surface area (Å²) in [7, 11) is 2.35. The van der Waals surface area contributed by atoms with E-state index in [1.165, 1.54) is 62.0 Å². The molecule has 7 aromatic rings. The molecule has 65 heavy (non-hydrogen) atoms. The molecule has 3 aromatic heterocycles. The second-order valence-corrected chi connectivity index (χ2v) is 13.9. The summed E-state index contributed by atoms with van der Waals surface area (Å²) in [5, 5.41) is 54.7. The van der Waals surface area contributed by atoms with Crippen LogP contribution >= 0.6 is 0 Å². The summed E-state index contributed by atoms with van der Waals surface area (Å²) in [4.78, 5) is 86.1. The quantitative estimate of drug-likeness (QED) is 0.0679. The first-order chi connectivity index (χ1) is 31.3. The number of rotatable bonds is 15. The van der Waals surface area contributed by atoms with Gasteiger partial charge in [0.25, 0.3) is 23.6 Å². The van der Waals surface area contributed by atoms with Crippen LogP contribution in [0.15, 0.2) is 110 Å². The highest BCUT2D eigenvalue weighted by Crippen LogP contribution is 2.40. The number of carbonyl (C=O) groups excluding carboxylic acids is 5. The number of phenolic OH excluding ortho intramolecular Hbond substituents is 1. The lowest BCUT2D eigenvalue weighted by Crippen LogP contribution is -2.45. The van der Waals surface area contributed by atoms with Crippen molar-refractivity contribution in [1.82, 2.24) is 30.7 Å². The van der Waals surface area contributed by atoms with Crippen molar-refractivity contribution in [2.45, 2.75) is 12.5 Å². The maximum atomic E-state index is 13.6. The van der Waals surface area contributed by atoms with Crippen LogP contribution in [0.3, 0.4) is 0 Å². The fourth-order valence-electron chi connectivity index (χ4n) is 6.42. The minimum absolute atomic E-state index is 0.0448. The van der Waals surface area contributed by atoms with Gasteiger partial charge in [0.2, 0.25) is 5.91 Å². The third kappa shape index (κ3) is 9.89. The third-order valence-corrected chi connectivity index (χ3v) is 9.68. The zero-order valence-corrected chi connectivity index (χ0v) is 34.1. The monoisotopic (exact) mass is 880 g/mol. The molecule has 7 rings (SSSR count). The zero-order valence-electron chi connectivity index (χ0n) is 34.1. The topological polar surface area (TPSA) is 309 Å². The van der Waals surface area contributed by atoms with Crippen molar-refractivity contribution in [2.75, 3.05) is 35.5 Å². The SMILES string of the molecule is COc1c(NC(=O)c2ccc(NC(=O)c3ccc(NC(=O)C(Cc4cn[nH]n4)NC(=O)c4ccc(NC(=O)c5ccc6ncccc6c5)cc4)cn3)c(OC)c2O)ccc(C(=O)O)c1O. The fraction of sp³-hybridized carbons (Fsp3) is 0.0909. The van der Waals surface area contributed by atoms with Crippen molar-refractivity contribution in [2.24, 2.45) is 0 Å². The predicted molar refractivity (Wildman–Crippen MR) is 233 cm³/mol. The van der Waals surface area contributed by atoms with E-state index in [4.69, 9.17) is 9.47 Å². The van der Waals surface area contributed by atoms with Crippen LogP contribution in [0.4, 0.5) is 22.7 Å². The summed E-state index contributed by atoms with van der Waals surface area (Å²) in [5.74, 6) is -6.68. The first kappa shape index (κ1) is 43.7. The van der Waals surface area contributed by atoms with Crippen LogP contribution in [0.1, 0.15) is 57.6 Å². The lowest BCUT2D eigenvalue weighted by Gasteiger charge is -2.18. The van der Waals surface area contributed by atoms with Crippen LogP contribution in [0.5, 0.6) is 23.0 Å². The van der Waals surface area contributed by atoms with Crippen molar-refractivity contribution < 1.29 is 53.6 Å². The van der Waals surface area contributed by atoms with Gasteiger partial charge < -0.3 is 51.4 Å². The highest BCUT2D eigenvalue weighted by Gasteiger charge is 2.26. The maximum absolute atomic E-state index is 13.6. The number of carbonyl (C=O) groups is 6. The summed E-state index contributed by atoms with van der Waals surface area (Å²) < 4.78 is 10.4. The highest BCUT2D eigenvalue weighted by atomic mass is 16.5. The number of nitrogens with zero attached hydrogens (tertiary/aromatic N) is 4. The molecule has 0 aliphatic rings. The van der Waals surface area contributed by atoms with Crippen LogP contribution in [-0.4, -0.2) is 96.5 Å². The van der Waals surface area contributed by atoms with Gasteiger partial charge in [0.1, 0.15) is 17.3 Å². The molecule has 21 nitrogen and oxygen atoms in total. The second kappa shape index (κ2) is 19.1. The average molecular weight is 881 g/mol. The molecule has 21 heteroatoms. The van der Waals surface area contributed by atoms with E-state index in [1.54, 1.807) is 42.6 Å². The highest BCUT2D eigenvalue weighted by molar-refractivity contribution is 6.10. The Morgan fingerprint density at radius 1 is 0.662 bits per heavy atom. The number of aromatic hydroxyl groups is 2. The Hall–Kier alpha value is -9.40. The lowest BCUT2D eigenvalue weighted by molar-refractivity contribution is -0.118. The van der Waals surface area contributed by atoms with Crippen molar-refractivity contribution in [3.8, 4) is 23.0 Å². The zero-order chi connectivity index (χ0) is 46.2. The number of fused-ring (bicyclic) bond motifs is 1. The predicted octanol–water partition coefficient (Wildman–Crippen LogP) is 4.61. The van der Waals surface area contributed by atoms with Crippen LogP contribution in [0.2, 0.25) is 0 Å². The molecule has 0 saturated carbocycles. The van der Waals surface area contributed by atoms with Gasteiger partial charge in [0.05, 0.1) is 60.4 Å². The minimum atomic E-state index is -1.43. The maximum Gasteiger partial charge on any atom is 0.339 e. The Morgan fingerprint density at radius 3 is 1.97 bits per heavy atom. The number of nitrogens with one attached hydrogen (secondary N) is 6. The number of benzene rings is 4. The first-order valence-corrected chi connectivity index (χ1v) is 19.2. The van der Waals surface area contributed by atoms with E-state index >= 15 is 0 Å². The summed E-state index contributed by atoms with van der Waals surface area (Å²) >= 11 is 0. The largest absolute Gasteiger partial charge is 0.504 e. The number of anilines is 4. The van der Waals surface area contributed by atoms with Gasteiger partial charge in [0.15, 0.2) is 23.0 Å². The molecule has 0 fully saturated rings. The number of ether oxygens (including phenoxy) is 2. The van der Waals surface area contributed by atoms with Crippen LogP contribution in [-0.2, 0) is 11.2 Å². The van der Waals surface area contributed by atoms with Gasteiger partial charge in [-0.3, -0.25) is 29.0 Å². The first-order valence-electron chi connectivity index (χ1n) is 19.2. The molecule has 0 aliphatic heterocycles. The van der Waals surface area contributed by atoms with Gasteiger partial charge in [-0.15, -0.1) is 0 Å². The fourth-order valence-corrected chi connectivity index (χ4v) is 6.42. The van der Waals surface area contributed by atoms with E-state index in [9.17, 15) is 44.1 Å². The summed E-state index contributed by atoms with van der Waals surface area (Å²) in [6.45, 7) is 0. The van der Waals surface area contributed by atoms with Gasteiger partial charge in [0, 0.05) is 34.8 Å². The molecule has 0 saturated heterocycles. The average Bonchev–Trinajstić information content (AvgIpc) is 3.82. The molecule has 0 aliphatic carbocycles. The number of aromatic amines is 1. The van der Waals surface area contributed by atoms with Crippen molar-refractivity contribution >= 4 is 69.2 Å². The number of carboxylic acids is 1. The number of methoxy groups -OCH3 is 2. The van der Waals surface area contributed by atoms with Gasteiger partial charge in [-0.2, -0.15) is 15.4 Å². The Labute approximate surface area is 366 Å². The molecule has 5 amide bonds. The van der Waals surface area contributed by atoms with E-state index < -0.39 is 52.7 Å². The Balaban J connectivity index is 0.980. The van der Waals surface area contributed by atoms with Crippen LogP contribution < -0.4 is 36.1 Å². The number of aromatic carboxylic acids is 1. The second-order valence-electron chi connectivity index (χ2n) is 13.9. The molecule has 1 unspecified atom stereocenters. The molecule has 4 aromatic carbocycles. The standard InChI is InChI=1S/C44H36N10O11/c1-64-37-32(15-11-28(35(37)55)41(59)50-31-16-12-29(44(62)63)36(56)38(31)65-2)51-42(60)33-14-10-26(20-46-33)49-43(61)34(19-27-21-47-54-53-27)52-39(57)22-5-8-25(9-6-22)48-40(58)24-7-13-30-23(18-24)4-3-17-45-30/h3-18,20-21,34,55-56H,19H2,1-2H3,(H,48,58)(H,49,61)(H,50,59)(H,51,60)(H,52,57)(H,62,63)(H,47,53,54). The van der Waals surface area contributed by atoms with E-state index in [1.807, 2.05) is 6.07 Å². The van der Waals surface area contributed by atoms with Crippen LogP contribution in [0, 0.1) is 0 Å². The Bertz CT molecular complexity index is 2960. The van der Waals surface area contributed by atoms with Gasteiger partial charge in [-0.25, -0.2) is 9.78 Å². The number of phenols is 2. The summed E-state index contributed by atoms with van der Waals surface area (Å²) in [6.07, 6.45) is 4.22.